The highest BCUT2D eigenvalue weighted by molar-refractivity contribution is 5.97. The third-order valence-electron chi connectivity index (χ3n) is 4.29. The molecule has 0 spiro atoms. The fourth-order valence-corrected chi connectivity index (χ4v) is 3.19. The molecule has 4 aromatic rings. The van der Waals surface area contributed by atoms with Gasteiger partial charge in [0.25, 0.3) is 0 Å². The Morgan fingerprint density at radius 1 is 1.00 bits per heavy atom. The maximum atomic E-state index is 11.2. The van der Waals surface area contributed by atoms with Crippen LogP contribution in [0.4, 0.5) is 0 Å². The van der Waals surface area contributed by atoms with Crippen molar-refractivity contribution >= 4 is 28.2 Å². The maximum absolute atomic E-state index is 11.2. The zero-order valence-electron chi connectivity index (χ0n) is 13.0. The van der Waals surface area contributed by atoms with Crippen molar-refractivity contribution in [3.05, 3.63) is 66.6 Å². The van der Waals surface area contributed by atoms with Crippen molar-refractivity contribution in [2.45, 2.75) is 19.2 Å². The smallest absolute Gasteiger partial charge is 0.152 e. The van der Waals surface area contributed by atoms with Crippen LogP contribution in [0.3, 0.4) is 0 Å². The Hall–Kier alpha value is -2.92. The van der Waals surface area contributed by atoms with Crippen LogP contribution in [0.1, 0.15) is 10.4 Å². The van der Waals surface area contributed by atoms with E-state index in [4.69, 9.17) is 0 Å². The molecule has 1 N–H and O–H groups in total. The van der Waals surface area contributed by atoms with Crippen LogP contribution in [-0.4, -0.2) is 31.6 Å². The van der Waals surface area contributed by atoms with Crippen LogP contribution in [0.15, 0.2) is 61.1 Å². The molecule has 0 amide bonds. The van der Waals surface area contributed by atoms with Crippen molar-refractivity contribution < 1.29 is 9.90 Å². The van der Waals surface area contributed by atoms with Crippen molar-refractivity contribution in [1.82, 2.24) is 14.1 Å². The summed E-state index contributed by atoms with van der Waals surface area (Å²) in [7, 11) is 0. The standard InChI is InChI=1S/C19H17N3O2/c23-12-14-9-21(18-7-3-1-5-16(14)18)10-15(24)11-22-13-20-17-6-2-4-8-19(17)22/h1-9,12-13,15,24H,10-11H2. The first-order valence-corrected chi connectivity index (χ1v) is 7.87. The molecule has 1 unspecified atom stereocenters. The normalized spacial score (nSPS) is 12.7. The molecule has 0 radical (unpaired) electrons. The quantitative estimate of drug-likeness (QED) is 0.575. The van der Waals surface area contributed by atoms with Crippen LogP contribution >= 0.6 is 0 Å². The molecule has 0 saturated carbocycles. The largest absolute Gasteiger partial charge is 0.389 e. The number of fused-ring (bicyclic) bond motifs is 2. The summed E-state index contributed by atoms with van der Waals surface area (Å²) < 4.78 is 3.88. The second-order valence-corrected chi connectivity index (χ2v) is 5.91. The molecule has 0 fully saturated rings. The van der Waals surface area contributed by atoms with Gasteiger partial charge in [-0.25, -0.2) is 4.98 Å². The van der Waals surface area contributed by atoms with E-state index in [0.717, 1.165) is 28.2 Å². The number of hydrogen-bond donors (Lipinski definition) is 1. The first-order chi connectivity index (χ1) is 11.8. The van der Waals surface area contributed by atoms with E-state index in [1.807, 2.05) is 57.7 Å². The topological polar surface area (TPSA) is 60.1 Å². The number of hydrogen-bond acceptors (Lipinski definition) is 3. The molecule has 0 aliphatic rings. The molecule has 0 aliphatic carbocycles. The van der Waals surface area contributed by atoms with Gasteiger partial charge in [0.15, 0.2) is 6.29 Å². The summed E-state index contributed by atoms with van der Waals surface area (Å²) in [5.41, 5.74) is 3.52. The van der Waals surface area contributed by atoms with Gasteiger partial charge in [0.1, 0.15) is 0 Å². The molecule has 24 heavy (non-hydrogen) atoms. The van der Waals surface area contributed by atoms with E-state index in [2.05, 4.69) is 4.98 Å². The Morgan fingerprint density at radius 2 is 1.71 bits per heavy atom. The number of nitrogens with zero attached hydrogens (tertiary/aromatic N) is 3. The molecule has 4 rings (SSSR count). The second-order valence-electron chi connectivity index (χ2n) is 5.91. The summed E-state index contributed by atoms with van der Waals surface area (Å²) in [4.78, 5) is 15.6. The number of carbonyl (C=O) groups is 1. The minimum atomic E-state index is -0.585. The minimum Gasteiger partial charge on any atom is -0.389 e. The number of carbonyl (C=O) groups excluding carboxylic acids is 1. The van der Waals surface area contributed by atoms with Gasteiger partial charge in [-0.3, -0.25) is 4.79 Å². The monoisotopic (exact) mass is 319 g/mol. The first kappa shape index (κ1) is 14.7. The molecule has 2 aromatic carbocycles. The summed E-state index contributed by atoms with van der Waals surface area (Å²) in [6.45, 7) is 0.865. The molecule has 2 heterocycles. The van der Waals surface area contributed by atoms with Gasteiger partial charge < -0.3 is 14.2 Å². The van der Waals surface area contributed by atoms with Crippen LogP contribution in [0.2, 0.25) is 0 Å². The number of benzene rings is 2. The zero-order chi connectivity index (χ0) is 16.5. The van der Waals surface area contributed by atoms with Gasteiger partial charge >= 0.3 is 0 Å². The lowest BCUT2D eigenvalue weighted by molar-refractivity contribution is 0.112. The fraction of sp³-hybridized carbons (Fsp3) is 0.158. The zero-order valence-corrected chi connectivity index (χ0v) is 13.0. The van der Waals surface area contributed by atoms with Gasteiger partial charge in [-0.05, 0) is 18.2 Å². The van der Waals surface area contributed by atoms with E-state index in [9.17, 15) is 9.90 Å². The van der Waals surface area contributed by atoms with Gasteiger partial charge in [0, 0.05) is 22.7 Å². The first-order valence-electron chi connectivity index (χ1n) is 7.87. The molecule has 0 bridgehead atoms. The maximum Gasteiger partial charge on any atom is 0.152 e. The number of aliphatic hydroxyl groups is 1. The number of aromatic nitrogens is 3. The molecule has 5 nitrogen and oxygen atoms in total. The lowest BCUT2D eigenvalue weighted by Gasteiger charge is -2.14. The Labute approximate surface area is 138 Å². The van der Waals surface area contributed by atoms with Gasteiger partial charge in [-0.1, -0.05) is 30.3 Å². The number of aldehydes is 1. The summed E-state index contributed by atoms with van der Waals surface area (Å²) in [6.07, 6.45) is 3.82. The number of para-hydroxylation sites is 3. The van der Waals surface area contributed by atoms with E-state index in [-0.39, 0.29) is 0 Å². The van der Waals surface area contributed by atoms with E-state index < -0.39 is 6.10 Å². The van der Waals surface area contributed by atoms with Crippen LogP contribution < -0.4 is 0 Å². The molecule has 5 heteroatoms. The third kappa shape index (κ3) is 2.49. The highest BCUT2D eigenvalue weighted by Crippen LogP contribution is 2.21. The number of imidazole rings is 1. The third-order valence-corrected chi connectivity index (χ3v) is 4.29. The molecule has 0 saturated heterocycles. The van der Waals surface area contributed by atoms with Crippen molar-refractivity contribution in [1.29, 1.82) is 0 Å². The van der Waals surface area contributed by atoms with E-state index >= 15 is 0 Å². The average molecular weight is 319 g/mol. The van der Waals surface area contributed by atoms with E-state index in [0.29, 0.717) is 18.7 Å². The van der Waals surface area contributed by atoms with E-state index in [1.54, 1.807) is 12.5 Å². The molecular weight excluding hydrogens is 302 g/mol. The summed E-state index contributed by atoms with van der Waals surface area (Å²) >= 11 is 0. The number of rotatable bonds is 5. The van der Waals surface area contributed by atoms with Crippen molar-refractivity contribution in [2.24, 2.45) is 0 Å². The van der Waals surface area contributed by atoms with Crippen LogP contribution in [0.25, 0.3) is 21.9 Å². The molecule has 120 valence electrons. The van der Waals surface area contributed by atoms with Gasteiger partial charge in [0.2, 0.25) is 0 Å². The Morgan fingerprint density at radius 3 is 2.54 bits per heavy atom. The molecular formula is C19H17N3O2. The van der Waals surface area contributed by atoms with Crippen LogP contribution in [0, 0.1) is 0 Å². The van der Waals surface area contributed by atoms with E-state index in [1.165, 1.54) is 0 Å². The van der Waals surface area contributed by atoms with Gasteiger partial charge in [0.05, 0.1) is 36.6 Å². The second kappa shape index (κ2) is 5.94. The van der Waals surface area contributed by atoms with Crippen LogP contribution in [0.5, 0.6) is 0 Å². The lowest BCUT2D eigenvalue weighted by atomic mass is 10.2. The average Bonchev–Trinajstić information content (AvgIpc) is 3.17. The Balaban J connectivity index is 1.60. The van der Waals surface area contributed by atoms with Gasteiger partial charge in [-0.15, -0.1) is 0 Å². The Kier molecular flexibility index (Phi) is 3.63. The van der Waals surface area contributed by atoms with Crippen molar-refractivity contribution in [3.63, 3.8) is 0 Å². The van der Waals surface area contributed by atoms with Crippen molar-refractivity contribution in [2.75, 3.05) is 0 Å². The number of aliphatic hydroxyl groups excluding tert-OH is 1. The summed E-state index contributed by atoms with van der Waals surface area (Å²) in [5.74, 6) is 0. The Bertz CT molecular complexity index is 1020. The lowest BCUT2D eigenvalue weighted by Crippen LogP contribution is -2.21. The predicted octanol–water partition coefficient (Wildman–Crippen LogP) is 2.86. The minimum absolute atomic E-state index is 0.418. The predicted molar refractivity (Wildman–Crippen MR) is 93.1 cm³/mol. The summed E-state index contributed by atoms with van der Waals surface area (Å²) in [5, 5.41) is 11.4. The SMILES string of the molecule is O=Cc1cn(CC(O)Cn2cnc3ccccc32)c2ccccc12. The van der Waals surface area contributed by atoms with Crippen LogP contribution in [-0.2, 0) is 13.1 Å². The molecule has 1 atom stereocenters. The highest BCUT2D eigenvalue weighted by atomic mass is 16.3. The molecule has 2 aromatic heterocycles. The summed E-state index contributed by atoms with van der Waals surface area (Å²) in [6, 6.07) is 15.6. The van der Waals surface area contributed by atoms with Crippen molar-refractivity contribution in [3.8, 4) is 0 Å². The molecule has 0 aliphatic heterocycles. The van der Waals surface area contributed by atoms with Gasteiger partial charge in [-0.2, -0.15) is 0 Å². The highest BCUT2D eigenvalue weighted by Gasteiger charge is 2.13. The fourth-order valence-electron chi connectivity index (χ4n) is 3.19.